The maximum Gasteiger partial charge on any atom is 0.338 e. The number of carbonyl (C=O) groups is 2. The maximum atomic E-state index is 15.1. The molecule has 1 heterocycles. The topological polar surface area (TPSA) is 105 Å². The molecule has 1 aliphatic heterocycles. The predicted octanol–water partition coefficient (Wildman–Crippen LogP) is 2.71. The Hall–Kier alpha value is -2.89. The van der Waals surface area contributed by atoms with Crippen molar-refractivity contribution in [3.63, 3.8) is 0 Å². The Balaban J connectivity index is 2.04. The first-order valence-corrected chi connectivity index (χ1v) is 10.7. The van der Waals surface area contributed by atoms with E-state index < -0.39 is 46.5 Å². The Morgan fingerprint density at radius 2 is 1.61 bits per heavy atom. The van der Waals surface area contributed by atoms with E-state index in [4.69, 9.17) is 9.47 Å². The van der Waals surface area contributed by atoms with E-state index in [1.165, 1.54) is 48.5 Å². The summed E-state index contributed by atoms with van der Waals surface area (Å²) in [5.74, 6) is -6.00. The quantitative estimate of drug-likeness (QED) is 0.483. The lowest BCUT2D eigenvalue weighted by atomic mass is 9.97. The number of hydrogen-bond donors (Lipinski definition) is 0. The van der Waals surface area contributed by atoms with Gasteiger partial charge in [0.15, 0.2) is 0 Å². The van der Waals surface area contributed by atoms with Crippen molar-refractivity contribution in [1.29, 1.82) is 0 Å². The zero-order valence-electron chi connectivity index (χ0n) is 16.4. The summed E-state index contributed by atoms with van der Waals surface area (Å²) in [6.07, 6.45) is -6.01. The highest BCUT2D eigenvalue weighted by Crippen LogP contribution is 2.47. The van der Waals surface area contributed by atoms with E-state index in [2.05, 4.69) is 8.92 Å². The highest BCUT2D eigenvalue weighted by atomic mass is 32.2. The number of alkyl halides is 2. The summed E-state index contributed by atoms with van der Waals surface area (Å²) in [6.45, 7) is 0. The van der Waals surface area contributed by atoms with Crippen LogP contribution in [0.1, 0.15) is 32.4 Å². The van der Waals surface area contributed by atoms with Crippen molar-refractivity contribution < 1.29 is 45.2 Å². The van der Waals surface area contributed by atoms with Gasteiger partial charge in [-0.1, -0.05) is 36.4 Å². The molecule has 11 heteroatoms. The van der Waals surface area contributed by atoms with Gasteiger partial charge in [0.25, 0.3) is 10.1 Å². The summed E-state index contributed by atoms with van der Waals surface area (Å²) in [5.41, 5.74) is -0.211. The zero-order chi connectivity index (χ0) is 22.8. The summed E-state index contributed by atoms with van der Waals surface area (Å²) in [7, 11) is -3.25. The van der Waals surface area contributed by atoms with Crippen LogP contribution in [0.2, 0.25) is 0 Å². The molecule has 0 aliphatic carbocycles. The minimum atomic E-state index is -4.36. The van der Waals surface area contributed by atoms with Crippen molar-refractivity contribution >= 4 is 22.1 Å². The van der Waals surface area contributed by atoms with E-state index in [-0.39, 0.29) is 16.7 Å². The van der Waals surface area contributed by atoms with E-state index in [1.807, 2.05) is 0 Å². The van der Waals surface area contributed by atoms with Crippen LogP contribution < -0.4 is 0 Å². The molecule has 31 heavy (non-hydrogen) atoms. The number of hydrogen-bond acceptors (Lipinski definition) is 8. The molecule has 1 aliphatic rings. The van der Waals surface area contributed by atoms with Gasteiger partial charge in [-0.3, -0.25) is 0 Å². The summed E-state index contributed by atoms with van der Waals surface area (Å²) >= 11 is 0. The lowest BCUT2D eigenvalue weighted by Crippen LogP contribution is -2.43. The highest BCUT2D eigenvalue weighted by molar-refractivity contribution is 7.86. The van der Waals surface area contributed by atoms with Crippen LogP contribution in [-0.4, -0.2) is 52.0 Å². The number of benzene rings is 2. The van der Waals surface area contributed by atoms with E-state index in [9.17, 15) is 18.0 Å². The van der Waals surface area contributed by atoms with E-state index in [0.717, 1.165) is 7.11 Å². The van der Waals surface area contributed by atoms with Gasteiger partial charge in [0.05, 0.1) is 24.5 Å². The maximum absolute atomic E-state index is 15.1. The molecule has 2 aromatic rings. The molecule has 0 radical (unpaired) electrons. The summed E-state index contributed by atoms with van der Waals surface area (Å²) in [6, 6.07) is 12.9. The molecule has 0 unspecified atom stereocenters. The van der Waals surface area contributed by atoms with Gasteiger partial charge in [0.1, 0.15) is 6.10 Å². The van der Waals surface area contributed by atoms with Crippen LogP contribution in [0.5, 0.6) is 0 Å². The number of methoxy groups -OCH3 is 1. The van der Waals surface area contributed by atoms with Crippen LogP contribution in [0, 0.1) is 0 Å². The van der Waals surface area contributed by atoms with Gasteiger partial charge in [0.2, 0.25) is 12.4 Å². The number of halogens is 2. The van der Waals surface area contributed by atoms with Gasteiger partial charge in [-0.25, -0.2) is 13.8 Å². The lowest BCUT2D eigenvalue weighted by molar-refractivity contribution is -0.182. The van der Waals surface area contributed by atoms with Crippen molar-refractivity contribution in [2.75, 3.05) is 13.4 Å². The first-order valence-electron chi connectivity index (χ1n) is 8.89. The molecule has 166 valence electrons. The summed E-state index contributed by atoms with van der Waals surface area (Å²) in [4.78, 5) is 24.6. The standard InChI is InChI=1S/C20H18F2O8S/c1-27-18(24)14-11-7-6-10-13(14)15-16(29-17(23)12-8-4-3-5-9-12)20(21,22)19(28-15)30-31(2,25)26/h3-11,15-16,19H,1-2H3/t15-,16-,19-/m1/s1. The molecule has 3 atom stereocenters. The van der Waals surface area contributed by atoms with Crippen LogP contribution in [0.25, 0.3) is 0 Å². The predicted molar refractivity (Wildman–Crippen MR) is 102 cm³/mol. The Kier molecular flexibility index (Phi) is 6.39. The minimum absolute atomic E-state index is 0.00853. The molecule has 0 N–H and O–H groups in total. The molecule has 0 aromatic heterocycles. The van der Waals surface area contributed by atoms with Gasteiger partial charge in [-0.15, -0.1) is 0 Å². The number of carbonyl (C=O) groups excluding carboxylic acids is 2. The molecule has 0 saturated carbocycles. The Morgan fingerprint density at radius 1 is 1.00 bits per heavy atom. The molecule has 2 aromatic carbocycles. The molecule has 0 spiro atoms. The first-order chi connectivity index (χ1) is 14.5. The summed E-state index contributed by atoms with van der Waals surface area (Å²) < 4.78 is 72.5. The zero-order valence-corrected chi connectivity index (χ0v) is 17.2. The van der Waals surface area contributed by atoms with Crippen LogP contribution in [0.3, 0.4) is 0 Å². The van der Waals surface area contributed by atoms with Crippen LogP contribution in [-0.2, 0) is 28.5 Å². The molecule has 8 nitrogen and oxygen atoms in total. The van der Waals surface area contributed by atoms with Crippen molar-refractivity contribution in [2.45, 2.75) is 24.4 Å². The average molecular weight is 456 g/mol. The largest absolute Gasteiger partial charge is 0.465 e. The van der Waals surface area contributed by atoms with E-state index in [1.54, 1.807) is 6.07 Å². The van der Waals surface area contributed by atoms with Gasteiger partial charge >= 0.3 is 17.9 Å². The normalized spacial score (nSPS) is 22.6. The van der Waals surface area contributed by atoms with Crippen molar-refractivity contribution in [3.8, 4) is 0 Å². The Bertz CT molecular complexity index is 1070. The Labute approximate surface area is 176 Å². The molecular weight excluding hydrogens is 438 g/mol. The SMILES string of the molecule is COC(=O)c1ccccc1[C@H]1O[C@H](OS(C)(=O)=O)C(F)(F)[C@@H]1OC(=O)c1ccccc1. The highest BCUT2D eigenvalue weighted by Gasteiger charge is 2.64. The molecule has 3 rings (SSSR count). The molecule has 1 fully saturated rings. The fourth-order valence-electron chi connectivity index (χ4n) is 3.05. The van der Waals surface area contributed by atoms with E-state index >= 15 is 8.78 Å². The monoisotopic (exact) mass is 456 g/mol. The third kappa shape index (κ3) is 4.89. The number of esters is 2. The fourth-order valence-corrected chi connectivity index (χ4v) is 3.54. The minimum Gasteiger partial charge on any atom is -0.465 e. The van der Waals surface area contributed by atoms with Gasteiger partial charge < -0.3 is 14.2 Å². The fraction of sp³-hybridized carbons (Fsp3) is 0.300. The Morgan fingerprint density at radius 3 is 2.23 bits per heavy atom. The second kappa shape index (κ2) is 8.69. The van der Waals surface area contributed by atoms with Crippen LogP contribution >= 0.6 is 0 Å². The summed E-state index contributed by atoms with van der Waals surface area (Å²) in [5, 5.41) is 0. The van der Waals surface area contributed by atoms with Crippen LogP contribution in [0.4, 0.5) is 8.78 Å². The second-order valence-electron chi connectivity index (χ2n) is 6.63. The smallest absolute Gasteiger partial charge is 0.338 e. The molecule has 0 amide bonds. The van der Waals surface area contributed by atoms with Crippen molar-refractivity contribution in [3.05, 3.63) is 71.3 Å². The lowest BCUT2D eigenvalue weighted by Gasteiger charge is -2.24. The van der Waals surface area contributed by atoms with E-state index in [0.29, 0.717) is 6.26 Å². The molecule has 0 bridgehead atoms. The second-order valence-corrected chi connectivity index (χ2v) is 8.23. The van der Waals surface area contributed by atoms with Crippen molar-refractivity contribution in [1.82, 2.24) is 0 Å². The average Bonchev–Trinajstić information content (AvgIpc) is 2.96. The third-order valence-electron chi connectivity index (χ3n) is 4.42. The molecule has 1 saturated heterocycles. The van der Waals surface area contributed by atoms with Gasteiger partial charge in [0, 0.05) is 0 Å². The third-order valence-corrected chi connectivity index (χ3v) is 4.94. The van der Waals surface area contributed by atoms with Crippen molar-refractivity contribution in [2.24, 2.45) is 0 Å². The number of ether oxygens (including phenoxy) is 3. The first kappa shape index (κ1) is 22.8. The molecular formula is C20H18F2O8S. The van der Waals surface area contributed by atoms with Gasteiger partial charge in [-0.05, 0) is 23.8 Å². The van der Waals surface area contributed by atoms with Crippen LogP contribution in [0.15, 0.2) is 54.6 Å². The van der Waals surface area contributed by atoms with Gasteiger partial charge in [-0.2, -0.15) is 17.2 Å². The number of rotatable bonds is 6.